The largest absolute Gasteiger partial charge is 0.493 e. The molecule has 2 atom stereocenters. The summed E-state index contributed by atoms with van der Waals surface area (Å²) >= 11 is 0. The van der Waals surface area contributed by atoms with Gasteiger partial charge in [-0.05, 0) is 61.9 Å². The molecule has 0 aromatic heterocycles. The first-order valence-electron chi connectivity index (χ1n) is 18.1. The number of carbonyl (C=O) groups excluding carboxylic acids is 5. The number of hydrogen-bond donors (Lipinski definition) is 2. The van der Waals surface area contributed by atoms with E-state index in [4.69, 9.17) is 32.8 Å². The number of esters is 2. The Balaban J connectivity index is 1.67. The number of rotatable bonds is 19. The number of likely N-dealkylation sites (tertiary alicyclic amines) is 1. The second kappa shape index (κ2) is 21.1. The molecule has 1 fully saturated rings. The lowest BCUT2D eigenvalue weighted by atomic mass is 9.96. The van der Waals surface area contributed by atoms with Crippen molar-refractivity contribution in [3.8, 4) is 17.2 Å². The van der Waals surface area contributed by atoms with Gasteiger partial charge < -0.3 is 43.1 Å². The highest BCUT2D eigenvalue weighted by molar-refractivity contribution is 6.31. The Labute approximate surface area is 330 Å². The van der Waals surface area contributed by atoms with Gasteiger partial charge in [-0.3, -0.25) is 14.9 Å². The van der Waals surface area contributed by atoms with Crippen molar-refractivity contribution in [2.45, 2.75) is 89.6 Å². The first-order valence-corrected chi connectivity index (χ1v) is 19.0. The van der Waals surface area contributed by atoms with Gasteiger partial charge >= 0.3 is 24.1 Å². The van der Waals surface area contributed by atoms with Crippen molar-refractivity contribution < 1.29 is 56.8 Å². The summed E-state index contributed by atoms with van der Waals surface area (Å²) in [6.45, 7) is 17.5. The molecule has 0 aliphatic carbocycles. The maximum absolute atomic E-state index is 14.2. The molecule has 2 aromatic carbocycles. The summed E-state index contributed by atoms with van der Waals surface area (Å²) in [7, 11) is 3.15. The Morgan fingerprint density at radius 3 is 2.18 bits per heavy atom. The molecule has 1 heterocycles. The minimum atomic E-state index is -1.19. The van der Waals surface area contributed by atoms with Crippen LogP contribution in [0, 0.1) is 0 Å². The highest BCUT2D eigenvalue weighted by Gasteiger charge is 2.42. The molecule has 2 aromatic rings. The van der Waals surface area contributed by atoms with Crippen LogP contribution in [-0.2, 0) is 34.8 Å². The maximum atomic E-state index is 14.2. The molecule has 0 saturated carbocycles. The minimum absolute atomic E-state index is 0.0122. The Bertz CT molecular complexity index is 1710. The number of anilines is 1. The van der Waals surface area contributed by atoms with Crippen molar-refractivity contribution in [1.82, 2.24) is 10.2 Å². The molecule has 2 unspecified atom stereocenters. The molecule has 2 radical (unpaired) electrons. The third kappa shape index (κ3) is 13.7. The lowest BCUT2D eigenvalue weighted by Crippen LogP contribution is -2.51. The quantitative estimate of drug-likeness (QED) is 0.0695. The molecule has 1 aliphatic rings. The topological polar surface area (TPSA) is 177 Å². The average Bonchev–Trinajstić information content (AvgIpc) is 3.67. The normalized spacial score (nSPS) is 14.5. The molecular weight excluding hydrogens is 743 g/mol. The molecular formula is C40H53N3O12Si. The van der Waals surface area contributed by atoms with Crippen LogP contribution >= 0.6 is 0 Å². The van der Waals surface area contributed by atoms with Gasteiger partial charge in [-0.25, -0.2) is 14.4 Å². The van der Waals surface area contributed by atoms with Crippen molar-refractivity contribution in [3.05, 3.63) is 72.8 Å². The van der Waals surface area contributed by atoms with E-state index in [0.717, 1.165) is 12.8 Å². The molecule has 3 amide bonds. The molecule has 304 valence electrons. The summed E-state index contributed by atoms with van der Waals surface area (Å²) in [4.78, 5) is 66.1. The van der Waals surface area contributed by atoms with Crippen LogP contribution in [0.4, 0.5) is 15.3 Å². The highest BCUT2D eigenvalue weighted by Crippen LogP contribution is 2.38. The molecule has 0 spiro atoms. The van der Waals surface area contributed by atoms with Crippen LogP contribution in [0.3, 0.4) is 0 Å². The van der Waals surface area contributed by atoms with E-state index in [-0.39, 0.29) is 76.4 Å². The second-order valence-electron chi connectivity index (χ2n) is 14.3. The van der Waals surface area contributed by atoms with Gasteiger partial charge in [0.05, 0.1) is 37.1 Å². The number of hydrogen-bond acceptors (Lipinski definition) is 12. The van der Waals surface area contributed by atoms with Crippen molar-refractivity contribution in [2.24, 2.45) is 0 Å². The van der Waals surface area contributed by atoms with Gasteiger partial charge in [0, 0.05) is 19.0 Å². The Morgan fingerprint density at radius 1 is 0.911 bits per heavy atom. The van der Waals surface area contributed by atoms with Gasteiger partial charge in [0.15, 0.2) is 11.5 Å². The predicted octanol–water partition coefficient (Wildman–Crippen LogP) is 6.39. The van der Waals surface area contributed by atoms with E-state index in [1.165, 1.54) is 50.6 Å². The number of nitrogens with zero attached hydrogens (tertiary/aromatic N) is 1. The number of ether oxygens (including phenoxy) is 6. The second-order valence-corrected chi connectivity index (χ2v) is 16.2. The first-order chi connectivity index (χ1) is 26.5. The number of amides is 3. The van der Waals surface area contributed by atoms with E-state index in [1.54, 1.807) is 17.0 Å². The number of benzene rings is 2. The first kappa shape index (κ1) is 45.0. The zero-order chi connectivity index (χ0) is 41.5. The van der Waals surface area contributed by atoms with Crippen molar-refractivity contribution in [1.29, 1.82) is 0 Å². The van der Waals surface area contributed by atoms with E-state index in [0.29, 0.717) is 23.6 Å². The Morgan fingerprint density at radius 2 is 1.55 bits per heavy atom. The van der Waals surface area contributed by atoms with Gasteiger partial charge in [-0.2, -0.15) is 0 Å². The summed E-state index contributed by atoms with van der Waals surface area (Å²) in [6.07, 6.45) is 2.28. The molecule has 3 rings (SSSR count). The molecule has 0 bridgehead atoms. The van der Waals surface area contributed by atoms with Crippen LogP contribution in [0.15, 0.2) is 61.7 Å². The van der Waals surface area contributed by atoms with E-state index >= 15 is 0 Å². The van der Waals surface area contributed by atoms with Gasteiger partial charge in [-0.15, -0.1) is 0 Å². The summed E-state index contributed by atoms with van der Waals surface area (Å²) < 4.78 is 38.1. The van der Waals surface area contributed by atoms with Crippen molar-refractivity contribution in [3.63, 3.8) is 0 Å². The fourth-order valence-corrected chi connectivity index (χ4v) is 6.31. The van der Waals surface area contributed by atoms with E-state index < -0.39 is 35.8 Å². The standard InChI is InChI=1S/C40H53N3O12Si/c1-10-21-51-34(44)19-18-29(36(46)52-22-11-2)41-38(48)54-27-16-14-26(15-17-27)25-53-37(47)42-30-24-32(50-9)31(49-8)23-28(30)35(45)43-20-12-13-33(43)40(6,7)55-56-39(3,4)5/h10-11,14-17,23-24,29,33H,1-2,12-13,18-22,25H2,3-9H3,(H,41,48)(H,42,47). The van der Waals surface area contributed by atoms with Crippen LogP contribution in [0.25, 0.3) is 0 Å². The SMILES string of the molecule is C=CCOC(=O)CCC(NC(=O)Oc1ccc(COC(=O)Nc2cc(OC)c(OC)cc2C(=O)N2CCCC2C(C)(C)O[Si]C(C)(C)C)cc1)C(=O)OCC=C. The van der Waals surface area contributed by atoms with E-state index in [2.05, 4.69) is 44.6 Å². The predicted molar refractivity (Wildman–Crippen MR) is 209 cm³/mol. The number of nitrogens with one attached hydrogen (secondary N) is 2. The van der Waals surface area contributed by atoms with Crippen LogP contribution in [0.1, 0.15) is 76.2 Å². The van der Waals surface area contributed by atoms with E-state index in [1.807, 2.05) is 13.8 Å². The third-order valence-electron chi connectivity index (χ3n) is 8.35. The lowest BCUT2D eigenvalue weighted by molar-refractivity contribution is -0.146. The zero-order valence-electron chi connectivity index (χ0n) is 33.2. The Hall–Kier alpha value is -5.35. The molecule has 56 heavy (non-hydrogen) atoms. The summed E-state index contributed by atoms with van der Waals surface area (Å²) in [6, 6.07) is 7.75. The van der Waals surface area contributed by atoms with Gasteiger partial charge in [-0.1, -0.05) is 58.2 Å². The lowest BCUT2D eigenvalue weighted by Gasteiger charge is -2.39. The molecule has 15 nitrogen and oxygen atoms in total. The monoisotopic (exact) mass is 795 g/mol. The Kier molecular flexibility index (Phi) is 17.0. The number of methoxy groups -OCH3 is 2. The van der Waals surface area contributed by atoms with Gasteiger partial charge in [0.2, 0.25) is 9.76 Å². The molecule has 2 N–H and O–H groups in total. The molecule has 16 heteroatoms. The van der Waals surface area contributed by atoms with Crippen molar-refractivity contribution >= 4 is 45.5 Å². The summed E-state index contributed by atoms with van der Waals surface area (Å²) in [5.41, 5.74) is 0.312. The fraction of sp³-hybridized carbons (Fsp3) is 0.475. The van der Waals surface area contributed by atoms with Gasteiger partial charge in [0.25, 0.3) is 5.91 Å². The van der Waals surface area contributed by atoms with Gasteiger partial charge in [0.1, 0.15) is 31.6 Å². The average molecular weight is 796 g/mol. The van der Waals surface area contributed by atoms with E-state index in [9.17, 15) is 24.0 Å². The maximum Gasteiger partial charge on any atom is 0.413 e. The summed E-state index contributed by atoms with van der Waals surface area (Å²) in [5.74, 6) is -0.912. The third-order valence-corrected chi connectivity index (χ3v) is 9.59. The molecule has 1 aliphatic heterocycles. The minimum Gasteiger partial charge on any atom is -0.493 e. The highest BCUT2D eigenvalue weighted by atomic mass is 28.2. The van der Waals surface area contributed by atoms with Crippen molar-refractivity contribution in [2.75, 3.05) is 39.3 Å². The van der Waals surface area contributed by atoms with Crippen LogP contribution in [-0.4, -0.2) is 96.4 Å². The fourth-order valence-electron chi connectivity index (χ4n) is 5.60. The van der Waals surface area contributed by atoms with Crippen LogP contribution in [0.2, 0.25) is 5.04 Å². The van der Waals surface area contributed by atoms with Crippen LogP contribution < -0.4 is 24.8 Å². The van der Waals surface area contributed by atoms with Crippen LogP contribution in [0.5, 0.6) is 17.2 Å². The zero-order valence-corrected chi connectivity index (χ0v) is 34.2. The summed E-state index contributed by atoms with van der Waals surface area (Å²) in [5, 5.41) is 5.06. The number of carbonyl (C=O) groups is 5. The smallest absolute Gasteiger partial charge is 0.413 e. The molecule has 1 saturated heterocycles.